The smallest absolute Gasteiger partial charge is 0.0391 e. The van der Waals surface area contributed by atoms with E-state index in [-0.39, 0.29) is 0 Å². The van der Waals surface area contributed by atoms with E-state index < -0.39 is 0 Å². The largest absolute Gasteiger partial charge is 0.126 e. The fourth-order valence-electron chi connectivity index (χ4n) is 1.77. The van der Waals surface area contributed by atoms with Crippen LogP contribution in [0.15, 0.2) is 11.5 Å². The third-order valence-electron chi connectivity index (χ3n) is 2.74. The van der Waals surface area contributed by atoms with Gasteiger partial charge in [-0.05, 0) is 24.2 Å². The van der Waals surface area contributed by atoms with Crippen LogP contribution in [0.5, 0.6) is 0 Å². The van der Waals surface area contributed by atoms with Gasteiger partial charge in [0.25, 0.3) is 0 Å². The molecule has 1 atom stereocenters. The third-order valence-corrected chi connectivity index (χ3v) is 3.73. The third kappa shape index (κ3) is 4.21. The molecule has 75 valence electrons. The van der Waals surface area contributed by atoms with Crippen molar-refractivity contribution in [2.24, 2.45) is 5.92 Å². The molecule has 0 saturated carbocycles. The SMILES string of the molecule is CCCCC(CC)C[C]1CC=CS1. The van der Waals surface area contributed by atoms with Gasteiger partial charge in [0.05, 0.1) is 0 Å². The van der Waals surface area contributed by atoms with Crippen LogP contribution < -0.4 is 0 Å². The molecule has 0 aromatic rings. The molecule has 1 rings (SSSR count). The number of hydrogen-bond donors (Lipinski definition) is 0. The van der Waals surface area contributed by atoms with Gasteiger partial charge in [0.1, 0.15) is 0 Å². The molecule has 0 N–H and O–H groups in total. The molecule has 0 bridgehead atoms. The molecule has 0 fully saturated rings. The predicted molar refractivity (Wildman–Crippen MR) is 62.5 cm³/mol. The van der Waals surface area contributed by atoms with Crippen LogP contribution in [0.3, 0.4) is 0 Å². The molecule has 0 aromatic heterocycles. The molecule has 0 saturated heterocycles. The molecule has 1 unspecified atom stereocenters. The Kier molecular flexibility index (Phi) is 5.61. The van der Waals surface area contributed by atoms with Crippen LogP contribution in [0, 0.1) is 11.2 Å². The van der Waals surface area contributed by atoms with Crippen molar-refractivity contribution in [1.82, 2.24) is 0 Å². The molecular formula is C12H21S. The van der Waals surface area contributed by atoms with Crippen molar-refractivity contribution in [3.05, 3.63) is 16.7 Å². The fraction of sp³-hybridized carbons (Fsp3) is 0.750. The first-order valence-electron chi connectivity index (χ1n) is 5.53. The predicted octanol–water partition coefficient (Wildman–Crippen LogP) is 4.78. The van der Waals surface area contributed by atoms with Gasteiger partial charge in [-0.2, -0.15) is 0 Å². The van der Waals surface area contributed by atoms with E-state index in [1.165, 1.54) is 38.5 Å². The summed E-state index contributed by atoms with van der Waals surface area (Å²) in [5.74, 6) is 0.947. The highest BCUT2D eigenvalue weighted by molar-refractivity contribution is 8.05. The summed E-state index contributed by atoms with van der Waals surface area (Å²) in [6.07, 6.45) is 10.4. The zero-order valence-corrected chi connectivity index (χ0v) is 9.70. The topological polar surface area (TPSA) is 0 Å². The van der Waals surface area contributed by atoms with Gasteiger partial charge < -0.3 is 0 Å². The highest BCUT2D eigenvalue weighted by Crippen LogP contribution is 2.38. The second-order valence-corrected chi connectivity index (χ2v) is 4.94. The summed E-state index contributed by atoms with van der Waals surface area (Å²) in [6.45, 7) is 4.61. The molecule has 0 aromatic carbocycles. The maximum absolute atomic E-state index is 2.33. The van der Waals surface area contributed by atoms with Gasteiger partial charge in [0.15, 0.2) is 0 Å². The van der Waals surface area contributed by atoms with Crippen LogP contribution in [-0.2, 0) is 0 Å². The first-order chi connectivity index (χ1) is 6.36. The van der Waals surface area contributed by atoms with Crippen LogP contribution in [0.1, 0.15) is 52.4 Å². The Morgan fingerprint density at radius 2 is 2.31 bits per heavy atom. The van der Waals surface area contributed by atoms with Crippen molar-refractivity contribution in [1.29, 1.82) is 0 Å². The maximum Gasteiger partial charge on any atom is 0.0391 e. The molecule has 13 heavy (non-hydrogen) atoms. The monoisotopic (exact) mass is 197 g/mol. The van der Waals surface area contributed by atoms with Gasteiger partial charge in [-0.15, -0.1) is 11.8 Å². The van der Waals surface area contributed by atoms with Crippen molar-refractivity contribution in [3.8, 4) is 0 Å². The first kappa shape index (κ1) is 11.2. The van der Waals surface area contributed by atoms with E-state index in [0.717, 1.165) is 5.92 Å². The summed E-state index contributed by atoms with van der Waals surface area (Å²) in [6, 6.07) is 0. The minimum absolute atomic E-state index is 0.947. The molecule has 1 radical (unpaired) electrons. The minimum Gasteiger partial charge on any atom is -0.126 e. The molecule has 0 amide bonds. The average Bonchev–Trinajstić information content (AvgIpc) is 2.64. The van der Waals surface area contributed by atoms with Crippen molar-refractivity contribution < 1.29 is 0 Å². The Balaban J connectivity index is 2.14. The zero-order chi connectivity index (χ0) is 9.52. The second-order valence-electron chi connectivity index (χ2n) is 3.85. The Bertz CT molecular complexity index is 143. The first-order valence-corrected chi connectivity index (χ1v) is 6.41. The lowest BCUT2D eigenvalue weighted by molar-refractivity contribution is 0.439. The highest BCUT2D eigenvalue weighted by Gasteiger charge is 2.16. The molecular weight excluding hydrogens is 176 g/mol. The van der Waals surface area contributed by atoms with Crippen LogP contribution in [-0.4, -0.2) is 0 Å². The van der Waals surface area contributed by atoms with Gasteiger partial charge in [-0.1, -0.05) is 45.6 Å². The minimum atomic E-state index is 0.947. The van der Waals surface area contributed by atoms with Gasteiger partial charge in [0, 0.05) is 5.25 Å². The number of unbranched alkanes of at least 4 members (excludes halogenated alkanes) is 1. The van der Waals surface area contributed by atoms with Crippen molar-refractivity contribution >= 4 is 11.8 Å². The summed E-state index contributed by atoms with van der Waals surface area (Å²) in [4.78, 5) is 0. The van der Waals surface area contributed by atoms with E-state index in [4.69, 9.17) is 0 Å². The highest BCUT2D eigenvalue weighted by atomic mass is 32.2. The van der Waals surface area contributed by atoms with Crippen molar-refractivity contribution in [2.75, 3.05) is 0 Å². The van der Waals surface area contributed by atoms with Crippen molar-refractivity contribution in [2.45, 2.75) is 52.4 Å². The molecule has 1 heterocycles. The summed E-state index contributed by atoms with van der Waals surface area (Å²) in [5, 5.41) is 3.92. The normalized spacial score (nSPS) is 19.5. The van der Waals surface area contributed by atoms with E-state index >= 15 is 0 Å². The van der Waals surface area contributed by atoms with E-state index in [2.05, 4.69) is 25.3 Å². The second kappa shape index (κ2) is 6.53. The van der Waals surface area contributed by atoms with Gasteiger partial charge in [0.2, 0.25) is 0 Å². The van der Waals surface area contributed by atoms with Crippen LogP contribution in [0.25, 0.3) is 0 Å². The Morgan fingerprint density at radius 3 is 2.85 bits per heavy atom. The van der Waals surface area contributed by atoms with E-state index in [0.29, 0.717) is 0 Å². The quantitative estimate of drug-likeness (QED) is 0.590. The summed E-state index contributed by atoms with van der Waals surface area (Å²) >= 11 is 1.96. The fourth-order valence-corrected chi connectivity index (χ4v) is 2.68. The molecule has 1 heteroatoms. The van der Waals surface area contributed by atoms with Crippen LogP contribution in [0.2, 0.25) is 0 Å². The standard InChI is InChI=1S/C12H21S/c1-3-5-7-11(4-2)10-12-8-6-9-13-12/h6,9,11H,3-5,7-8,10H2,1-2H3. The summed E-state index contributed by atoms with van der Waals surface area (Å²) < 4.78 is 0. The number of rotatable bonds is 6. The van der Waals surface area contributed by atoms with E-state index in [9.17, 15) is 0 Å². The maximum atomic E-state index is 2.33. The Labute approximate surface area is 87.2 Å². The number of allylic oxidation sites excluding steroid dienone is 1. The lowest BCUT2D eigenvalue weighted by Crippen LogP contribution is -2.02. The molecule has 1 aliphatic heterocycles. The van der Waals surface area contributed by atoms with Gasteiger partial charge in [-0.25, -0.2) is 0 Å². The lowest BCUT2D eigenvalue weighted by atomic mass is 9.93. The van der Waals surface area contributed by atoms with Crippen molar-refractivity contribution in [3.63, 3.8) is 0 Å². The molecule has 0 nitrogen and oxygen atoms in total. The molecule has 1 aliphatic rings. The number of thioether (sulfide) groups is 1. The van der Waals surface area contributed by atoms with E-state index in [1.54, 1.807) is 5.25 Å². The van der Waals surface area contributed by atoms with Gasteiger partial charge in [-0.3, -0.25) is 0 Å². The Hall–Kier alpha value is 0.0900. The van der Waals surface area contributed by atoms with Crippen LogP contribution >= 0.6 is 11.8 Å². The summed E-state index contributed by atoms with van der Waals surface area (Å²) in [7, 11) is 0. The molecule has 0 aliphatic carbocycles. The van der Waals surface area contributed by atoms with Gasteiger partial charge >= 0.3 is 0 Å². The van der Waals surface area contributed by atoms with E-state index in [1.807, 2.05) is 11.8 Å². The van der Waals surface area contributed by atoms with Crippen LogP contribution in [0.4, 0.5) is 0 Å². The Morgan fingerprint density at radius 1 is 1.46 bits per heavy atom. The number of hydrogen-bond acceptors (Lipinski definition) is 1. The lowest BCUT2D eigenvalue weighted by Gasteiger charge is -2.17. The summed E-state index contributed by atoms with van der Waals surface area (Å²) in [5.41, 5.74) is 0. The zero-order valence-electron chi connectivity index (χ0n) is 8.88. The molecule has 0 spiro atoms. The average molecular weight is 197 g/mol.